The van der Waals surface area contributed by atoms with Crippen molar-refractivity contribution >= 4 is 27.5 Å². The van der Waals surface area contributed by atoms with Gasteiger partial charge in [0.25, 0.3) is 11.5 Å². The topological polar surface area (TPSA) is 78.5 Å². The molecule has 1 saturated heterocycles. The zero-order valence-corrected chi connectivity index (χ0v) is 17.4. The number of hydrogen-bond donors (Lipinski definition) is 0. The number of amides is 1. The van der Waals surface area contributed by atoms with Crippen molar-refractivity contribution in [2.45, 2.75) is 12.6 Å². The monoisotopic (exact) mass is 490 g/mol. The molecule has 0 N–H and O–H groups in total. The first kappa shape index (κ1) is 21.1. The van der Waals surface area contributed by atoms with Gasteiger partial charge in [0.15, 0.2) is 5.69 Å². The van der Waals surface area contributed by atoms with Gasteiger partial charge in [-0.25, -0.2) is 4.98 Å². The molecule has 0 aliphatic carbocycles. The number of carbonyl (C=O) groups is 1. The first-order valence-corrected chi connectivity index (χ1v) is 10.1. The van der Waals surface area contributed by atoms with E-state index in [4.69, 9.17) is 5.26 Å². The molecule has 0 bridgehead atoms. The fourth-order valence-electron chi connectivity index (χ4n) is 3.58. The SMILES string of the molecule is N#CC1CCN(C(=O)c2ccc(-c3cccn4c(=O)c(Br)c(C(F)(F)F)nc34)cc2)C1. The number of fused-ring (bicyclic) bond motifs is 1. The van der Waals surface area contributed by atoms with E-state index < -0.39 is 21.9 Å². The molecule has 0 spiro atoms. The molecule has 31 heavy (non-hydrogen) atoms. The number of likely N-dealkylation sites (tertiary alicyclic amines) is 1. The predicted molar refractivity (Wildman–Crippen MR) is 109 cm³/mol. The average Bonchev–Trinajstić information content (AvgIpc) is 3.24. The van der Waals surface area contributed by atoms with Crippen LogP contribution in [0.25, 0.3) is 16.8 Å². The molecular weight excluding hydrogens is 477 g/mol. The van der Waals surface area contributed by atoms with Crippen LogP contribution in [0.1, 0.15) is 22.5 Å². The van der Waals surface area contributed by atoms with E-state index in [1.165, 1.54) is 12.3 Å². The molecule has 158 valence electrons. The summed E-state index contributed by atoms with van der Waals surface area (Å²) < 4.78 is 40.4. The fourth-order valence-corrected chi connectivity index (χ4v) is 4.08. The summed E-state index contributed by atoms with van der Waals surface area (Å²) in [5.74, 6) is -0.384. The van der Waals surface area contributed by atoms with E-state index >= 15 is 0 Å². The summed E-state index contributed by atoms with van der Waals surface area (Å²) in [7, 11) is 0. The molecule has 10 heteroatoms. The zero-order valence-electron chi connectivity index (χ0n) is 15.9. The Hall–Kier alpha value is -3.19. The van der Waals surface area contributed by atoms with Crippen molar-refractivity contribution < 1.29 is 18.0 Å². The van der Waals surface area contributed by atoms with E-state index in [9.17, 15) is 22.8 Å². The number of rotatable bonds is 2. The molecule has 1 amide bonds. The molecule has 4 rings (SSSR count). The zero-order chi connectivity index (χ0) is 22.3. The Morgan fingerprint density at radius 2 is 1.94 bits per heavy atom. The van der Waals surface area contributed by atoms with E-state index in [0.29, 0.717) is 36.2 Å². The van der Waals surface area contributed by atoms with Gasteiger partial charge in [-0.05, 0) is 52.2 Å². The van der Waals surface area contributed by atoms with Gasteiger partial charge in [0.05, 0.1) is 12.0 Å². The van der Waals surface area contributed by atoms with Crippen LogP contribution in [0.3, 0.4) is 0 Å². The molecule has 6 nitrogen and oxygen atoms in total. The molecule has 0 saturated carbocycles. The van der Waals surface area contributed by atoms with Crippen LogP contribution in [0.5, 0.6) is 0 Å². The molecule has 1 aromatic carbocycles. The lowest BCUT2D eigenvalue weighted by Gasteiger charge is -2.16. The van der Waals surface area contributed by atoms with Crippen LogP contribution in [-0.4, -0.2) is 33.3 Å². The van der Waals surface area contributed by atoms with Gasteiger partial charge >= 0.3 is 6.18 Å². The van der Waals surface area contributed by atoms with E-state index in [2.05, 4.69) is 27.0 Å². The van der Waals surface area contributed by atoms with Crippen molar-refractivity contribution in [1.29, 1.82) is 5.26 Å². The maximum absolute atomic E-state index is 13.3. The fraction of sp³-hybridized carbons (Fsp3) is 0.238. The normalized spacial score (nSPS) is 16.5. The van der Waals surface area contributed by atoms with Crippen molar-refractivity contribution in [3.8, 4) is 17.2 Å². The van der Waals surface area contributed by atoms with E-state index in [1.807, 2.05) is 0 Å². The van der Waals surface area contributed by atoms with E-state index in [-0.39, 0.29) is 17.5 Å². The molecular formula is C21H14BrF3N4O2. The van der Waals surface area contributed by atoms with Crippen LogP contribution in [0.15, 0.2) is 51.9 Å². The van der Waals surface area contributed by atoms with Gasteiger partial charge in [-0.2, -0.15) is 18.4 Å². The third-order valence-corrected chi connectivity index (χ3v) is 5.88. The summed E-state index contributed by atoms with van der Waals surface area (Å²) in [6.45, 7) is 0.881. The number of carbonyl (C=O) groups excluding carboxylic acids is 1. The molecule has 3 heterocycles. The minimum absolute atomic E-state index is 0.140. The summed E-state index contributed by atoms with van der Waals surface area (Å²) in [6, 6.07) is 11.6. The largest absolute Gasteiger partial charge is 0.434 e. The van der Waals surface area contributed by atoms with Gasteiger partial charge in [-0.3, -0.25) is 14.0 Å². The molecule has 1 aliphatic rings. The van der Waals surface area contributed by atoms with Crippen molar-refractivity contribution in [2.75, 3.05) is 13.1 Å². The number of aromatic nitrogens is 2. The molecule has 3 aromatic rings. The quantitative estimate of drug-likeness (QED) is 0.541. The second kappa shape index (κ2) is 7.81. The second-order valence-electron chi connectivity index (χ2n) is 7.14. The molecule has 1 atom stereocenters. The first-order valence-electron chi connectivity index (χ1n) is 9.28. The van der Waals surface area contributed by atoms with Gasteiger partial charge in [0.1, 0.15) is 10.1 Å². The number of hydrogen-bond acceptors (Lipinski definition) is 4. The van der Waals surface area contributed by atoms with Gasteiger partial charge < -0.3 is 4.90 Å². The average molecular weight is 491 g/mol. The lowest BCUT2D eigenvalue weighted by molar-refractivity contribution is -0.141. The lowest BCUT2D eigenvalue weighted by atomic mass is 10.0. The summed E-state index contributed by atoms with van der Waals surface area (Å²) in [4.78, 5) is 30.4. The minimum atomic E-state index is -4.80. The highest BCUT2D eigenvalue weighted by molar-refractivity contribution is 9.10. The maximum Gasteiger partial charge on any atom is 0.434 e. The summed E-state index contributed by atoms with van der Waals surface area (Å²) in [6.07, 6.45) is -2.82. The number of nitriles is 1. The van der Waals surface area contributed by atoms with Crippen molar-refractivity contribution in [3.05, 3.63) is 68.7 Å². The van der Waals surface area contributed by atoms with Crippen LogP contribution in [0, 0.1) is 17.2 Å². The predicted octanol–water partition coefficient (Wildman–Crippen LogP) is 4.13. The summed E-state index contributed by atoms with van der Waals surface area (Å²) in [5.41, 5.74) is -1.06. The Morgan fingerprint density at radius 3 is 2.55 bits per heavy atom. The van der Waals surface area contributed by atoms with E-state index in [0.717, 1.165) is 4.40 Å². The maximum atomic E-state index is 13.3. The van der Waals surface area contributed by atoms with Crippen LogP contribution in [-0.2, 0) is 6.18 Å². The Bertz CT molecular complexity index is 1280. The third-order valence-electron chi connectivity index (χ3n) is 5.17. The Labute approximate surface area is 182 Å². The van der Waals surface area contributed by atoms with Crippen molar-refractivity contribution in [2.24, 2.45) is 5.92 Å². The van der Waals surface area contributed by atoms with E-state index in [1.54, 1.807) is 35.2 Å². The van der Waals surface area contributed by atoms with Crippen LogP contribution in [0.4, 0.5) is 13.2 Å². The smallest absolute Gasteiger partial charge is 0.337 e. The number of halogens is 4. The molecule has 0 radical (unpaired) electrons. The van der Waals surface area contributed by atoms with Gasteiger partial charge in [-0.1, -0.05) is 12.1 Å². The van der Waals surface area contributed by atoms with Crippen molar-refractivity contribution in [1.82, 2.24) is 14.3 Å². The first-order chi connectivity index (χ1) is 14.7. The Morgan fingerprint density at radius 1 is 1.23 bits per heavy atom. The standard InChI is InChI=1S/C21H14BrF3N4O2/c22-16-17(21(23,24)25)27-18-15(2-1-8-29(18)20(16)31)13-3-5-14(6-4-13)19(30)28-9-7-12(10-26)11-28/h1-6,8,12H,7,9,11H2. The summed E-state index contributed by atoms with van der Waals surface area (Å²) in [5, 5.41) is 9.00. The molecule has 2 aromatic heterocycles. The van der Waals surface area contributed by atoms with Gasteiger partial charge in [0, 0.05) is 30.4 Å². The van der Waals surface area contributed by atoms with Crippen LogP contribution in [0.2, 0.25) is 0 Å². The number of benzene rings is 1. The molecule has 1 aliphatic heterocycles. The Kier molecular flexibility index (Phi) is 5.31. The van der Waals surface area contributed by atoms with Crippen molar-refractivity contribution in [3.63, 3.8) is 0 Å². The highest BCUT2D eigenvalue weighted by Crippen LogP contribution is 2.33. The van der Waals surface area contributed by atoms with Crippen LogP contribution >= 0.6 is 15.9 Å². The molecule has 1 unspecified atom stereocenters. The third kappa shape index (κ3) is 3.81. The van der Waals surface area contributed by atoms with Crippen LogP contribution < -0.4 is 5.56 Å². The number of alkyl halides is 3. The minimum Gasteiger partial charge on any atom is -0.337 e. The highest BCUT2D eigenvalue weighted by atomic mass is 79.9. The second-order valence-corrected chi connectivity index (χ2v) is 7.93. The molecule has 1 fully saturated rings. The lowest BCUT2D eigenvalue weighted by Crippen LogP contribution is -2.28. The highest BCUT2D eigenvalue weighted by Gasteiger charge is 2.37. The number of pyridine rings is 1. The van der Waals surface area contributed by atoms with Gasteiger partial charge in [0.2, 0.25) is 0 Å². The van der Waals surface area contributed by atoms with Gasteiger partial charge in [-0.15, -0.1) is 0 Å². The number of nitrogens with zero attached hydrogens (tertiary/aromatic N) is 4. The Balaban J connectivity index is 1.74. The summed E-state index contributed by atoms with van der Waals surface area (Å²) >= 11 is 2.71.